The second-order valence-corrected chi connectivity index (χ2v) is 6.53. The van der Waals surface area contributed by atoms with Gasteiger partial charge in [-0.1, -0.05) is 17.8 Å². The zero-order valence-corrected chi connectivity index (χ0v) is 16.1. The number of hydrogen-bond donors (Lipinski definition) is 0. The monoisotopic (exact) mass is 390 g/mol. The molecule has 0 N–H and O–H groups in total. The number of nitro benzene ring substituents is 1. The highest BCUT2D eigenvalue weighted by Crippen LogP contribution is 2.31. The average molecular weight is 390 g/mol. The minimum Gasteiger partial charge on any atom is -0.490 e. The predicted octanol–water partition coefficient (Wildman–Crippen LogP) is 2.57. The van der Waals surface area contributed by atoms with Crippen molar-refractivity contribution >= 4 is 34.4 Å². The largest absolute Gasteiger partial charge is 0.490 e. The number of hydroxylamine groups is 1. The number of methoxy groups -OCH3 is 1. The Morgan fingerprint density at radius 1 is 1.33 bits per heavy atom. The van der Waals surface area contributed by atoms with E-state index in [1.54, 1.807) is 37.2 Å². The lowest BCUT2D eigenvalue weighted by atomic mass is 10.2. The first kappa shape index (κ1) is 18.9. The summed E-state index contributed by atoms with van der Waals surface area (Å²) in [6, 6.07) is 4.86. The second kappa shape index (κ2) is 7.76. The Morgan fingerprint density at radius 3 is 2.78 bits per heavy atom. The highest BCUT2D eigenvalue weighted by Gasteiger charge is 2.18. The maximum Gasteiger partial charge on any atom is 0.311 e. The molecular weight excluding hydrogens is 372 g/mol. The van der Waals surface area contributed by atoms with Gasteiger partial charge in [-0.25, -0.2) is 20.0 Å². The van der Waals surface area contributed by atoms with Crippen LogP contribution in [0.3, 0.4) is 0 Å². The number of benzene rings is 1. The lowest BCUT2D eigenvalue weighted by Crippen LogP contribution is -2.17. The van der Waals surface area contributed by atoms with E-state index in [1.807, 2.05) is 7.05 Å². The number of ether oxygens (including phenoxy) is 1. The molecule has 27 heavy (non-hydrogen) atoms. The summed E-state index contributed by atoms with van der Waals surface area (Å²) in [6.45, 7) is 0. The maximum absolute atomic E-state index is 11.2. The molecule has 0 unspecified atom stereocenters. The van der Waals surface area contributed by atoms with E-state index in [0.29, 0.717) is 27.9 Å². The molecule has 0 fully saturated rings. The van der Waals surface area contributed by atoms with E-state index in [2.05, 4.69) is 15.0 Å². The van der Waals surface area contributed by atoms with Gasteiger partial charge in [0.05, 0.1) is 25.5 Å². The minimum absolute atomic E-state index is 0.0709. The lowest BCUT2D eigenvalue weighted by Gasteiger charge is -2.15. The number of thioether (sulfide) groups is 1. The summed E-state index contributed by atoms with van der Waals surface area (Å²) < 4.78 is 6.83. The molecule has 142 valence electrons. The van der Waals surface area contributed by atoms with E-state index < -0.39 is 4.92 Å². The molecule has 3 rings (SSSR count). The molecule has 0 spiro atoms. The van der Waals surface area contributed by atoms with Crippen LogP contribution in [0.5, 0.6) is 5.75 Å². The van der Waals surface area contributed by atoms with Gasteiger partial charge in [-0.15, -0.1) is 0 Å². The minimum atomic E-state index is -0.461. The topological polar surface area (TPSA) is 108 Å². The molecule has 0 aliphatic carbocycles. The highest BCUT2D eigenvalue weighted by atomic mass is 32.2. The Labute approximate surface area is 159 Å². The maximum atomic E-state index is 11.2. The normalized spacial score (nSPS) is 11.0. The van der Waals surface area contributed by atoms with Crippen molar-refractivity contribution in [1.29, 1.82) is 0 Å². The van der Waals surface area contributed by atoms with Crippen molar-refractivity contribution in [3.05, 3.63) is 40.2 Å². The Balaban J connectivity index is 1.90. The van der Waals surface area contributed by atoms with Crippen molar-refractivity contribution < 1.29 is 14.5 Å². The molecule has 10 nitrogen and oxygen atoms in total. The van der Waals surface area contributed by atoms with Crippen LogP contribution in [0, 0.1) is 10.1 Å². The van der Waals surface area contributed by atoms with Crippen LogP contribution in [0.25, 0.3) is 11.2 Å². The van der Waals surface area contributed by atoms with Crippen LogP contribution in [-0.4, -0.2) is 45.7 Å². The third-order valence-corrected chi connectivity index (χ3v) is 4.82. The second-order valence-electron chi connectivity index (χ2n) is 5.59. The van der Waals surface area contributed by atoms with E-state index in [1.165, 1.54) is 30.0 Å². The molecule has 0 saturated carbocycles. The number of rotatable bonds is 7. The van der Waals surface area contributed by atoms with E-state index in [-0.39, 0.29) is 11.4 Å². The highest BCUT2D eigenvalue weighted by molar-refractivity contribution is 7.98. The number of aryl methyl sites for hydroxylation is 1. The molecule has 3 aromatic rings. The predicted molar refractivity (Wildman–Crippen MR) is 101 cm³/mol. The summed E-state index contributed by atoms with van der Waals surface area (Å²) in [5.41, 5.74) is 2.00. The van der Waals surface area contributed by atoms with Crippen LogP contribution < -0.4 is 9.80 Å². The van der Waals surface area contributed by atoms with Gasteiger partial charge in [-0.2, -0.15) is 0 Å². The van der Waals surface area contributed by atoms with Gasteiger partial charge in [0.1, 0.15) is 0 Å². The first-order valence-corrected chi connectivity index (χ1v) is 8.84. The van der Waals surface area contributed by atoms with Crippen LogP contribution in [0.4, 0.5) is 11.5 Å². The molecule has 0 aliphatic rings. The number of anilines is 1. The number of aromatic nitrogens is 4. The number of nitro groups is 1. The van der Waals surface area contributed by atoms with Crippen molar-refractivity contribution in [3.63, 3.8) is 0 Å². The van der Waals surface area contributed by atoms with Gasteiger partial charge in [0, 0.05) is 25.9 Å². The van der Waals surface area contributed by atoms with Crippen LogP contribution in [0.2, 0.25) is 0 Å². The first-order chi connectivity index (χ1) is 12.9. The van der Waals surface area contributed by atoms with Crippen molar-refractivity contribution in [1.82, 2.24) is 19.5 Å². The molecule has 0 amide bonds. The molecule has 0 radical (unpaired) electrons. The van der Waals surface area contributed by atoms with Gasteiger partial charge < -0.3 is 9.30 Å². The van der Waals surface area contributed by atoms with E-state index in [9.17, 15) is 10.1 Å². The lowest BCUT2D eigenvalue weighted by molar-refractivity contribution is -0.385. The van der Waals surface area contributed by atoms with Crippen molar-refractivity contribution in [3.8, 4) is 5.75 Å². The van der Waals surface area contributed by atoms with Crippen molar-refractivity contribution in [2.24, 2.45) is 7.05 Å². The number of hydrogen-bond acceptors (Lipinski definition) is 9. The van der Waals surface area contributed by atoms with Gasteiger partial charge in [0.15, 0.2) is 27.9 Å². The summed E-state index contributed by atoms with van der Waals surface area (Å²) in [4.78, 5) is 29.3. The SMILES string of the molecule is COc1ccc(CSc2nc(N(C)OC)c3ncn(C)c3n2)cc1[N+](=O)[O-]. The number of fused-ring (bicyclic) bond motifs is 1. The third-order valence-electron chi connectivity index (χ3n) is 3.90. The van der Waals surface area contributed by atoms with E-state index in [0.717, 1.165) is 5.56 Å². The molecule has 11 heteroatoms. The summed E-state index contributed by atoms with van der Waals surface area (Å²) in [5.74, 6) is 1.24. The Bertz CT molecular complexity index is 992. The molecule has 0 bridgehead atoms. The number of imidazole rings is 1. The Hall–Kier alpha value is -2.92. The van der Waals surface area contributed by atoms with Gasteiger partial charge in [-0.05, 0) is 11.6 Å². The molecule has 0 saturated heterocycles. The Kier molecular flexibility index (Phi) is 5.42. The molecule has 2 aromatic heterocycles. The standard InChI is InChI=1S/C16H18N6O4S/c1-20-9-17-13-14(20)18-16(19-15(13)21(2)26-4)27-8-10-5-6-12(25-3)11(7-10)22(23)24/h5-7,9H,8H2,1-4H3. The Morgan fingerprint density at radius 2 is 2.11 bits per heavy atom. The van der Waals surface area contributed by atoms with Gasteiger partial charge in [0.25, 0.3) is 0 Å². The average Bonchev–Trinajstić information content (AvgIpc) is 3.05. The molecular formula is C16H18N6O4S. The third kappa shape index (κ3) is 3.78. The zero-order chi connectivity index (χ0) is 19.6. The van der Waals surface area contributed by atoms with E-state index in [4.69, 9.17) is 9.57 Å². The zero-order valence-electron chi connectivity index (χ0n) is 15.2. The fraction of sp³-hybridized carbons (Fsp3) is 0.312. The van der Waals surface area contributed by atoms with Crippen LogP contribution in [-0.2, 0) is 17.6 Å². The van der Waals surface area contributed by atoms with Crippen molar-refractivity contribution in [2.75, 3.05) is 26.3 Å². The molecule has 0 aliphatic heterocycles. The fourth-order valence-electron chi connectivity index (χ4n) is 2.46. The molecule has 0 atom stereocenters. The fourth-order valence-corrected chi connectivity index (χ4v) is 3.24. The summed E-state index contributed by atoms with van der Waals surface area (Å²) in [6.07, 6.45) is 1.66. The van der Waals surface area contributed by atoms with Crippen molar-refractivity contribution in [2.45, 2.75) is 10.9 Å². The van der Waals surface area contributed by atoms with Gasteiger partial charge >= 0.3 is 5.69 Å². The van der Waals surface area contributed by atoms with E-state index >= 15 is 0 Å². The van der Waals surface area contributed by atoms with Crippen LogP contribution in [0.15, 0.2) is 29.7 Å². The van der Waals surface area contributed by atoms with Gasteiger partial charge in [0.2, 0.25) is 0 Å². The summed E-state index contributed by atoms with van der Waals surface area (Å²) >= 11 is 1.37. The summed E-state index contributed by atoms with van der Waals surface area (Å²) in [7, 11) is 6.53. The summed E-state index contributed by atoms with van der Waals surface area (Å²) in [5, 5.41) is 13.2. The molecule has 1 aromatic carbocycles. The first-order valence-electron chi connectivity index (χ1n) is 7.85. The van der Waals surface area contributed by atoms with Crippen LogP contribution in [0.1, 0.15) is 5.56 Å². The quantitative estimate of drug-likeness (QED) is 0.260. The smallest absolute Gasteiger partial charge is 0.311 e. The van der Waals surface area contributed by atoms with Crippen LogP contribution >= 0.6 is 11.8 Å². The number of nitrogens with zero attached hydrogens (tertiary/aromatic N) is 6. The molecule has 2 heterocycles. The van der Waals surface area contributed by atoms with Gasteiger partial charge in [-0.3, -0.25) is 15.0 Å².